The van der Waals surface area contributed by atoms with Crippen LogP contribution in [-0.2, 0) is 0 Å². The summed E-state index contributed by atoms with van der Waals surface area (Å²) in [6.07, 6.45) is 0.752. The van der Waals surface area contributed by atoms with Crippen molar-refractivity contribution in [3.05, 3.63) is 23.8 Å². The van der Waals surface area contributed by atoms with Crippen molar-refractivity contribution >= 4 is 11.5 Å². The Morgan fingerprint density at radius 2 is 2.18 bits per heavy atom. The molecular formula is C13H20N2O2. The Balaban J connectivity index is 2.93. The molecule has 0 aliphatic rings. The van der Waals surface area contributed by atoms with Gasteiger partial charge in [0.2, 0.25) is 0 Å². The van der Waals surface area contributed by atoms with E-state index < -0.39 is 0 Å². The monoisotopic (exact) mass is 236 g/mol. The summed E-state index contributed by atoms with van der Waals surface area (Å²) in [5.41, 5.74) is 6.95. The zero-order valence-electron chi connectivity index (χ0n) is 10.6. The van der Waals surface area contributed by atoms with Gasteiger partial charge in [0.25, 0.3) is 0 Å². The summed E-state index contributed by atoms with van der Waals surface area (Å²) in [6.45, 7) is 4.43. The molecule has 0 spiro atoms. The Kier molecular flexibility index (Phi) is 4.97. The molecule has 4 nitrogen and oxygen atoms in total. The average molecular weight is 236 g/mol. The number of Topliss-reactive ketones (excluding diaryl/α,β-unsaturated/α-hetero) is 1. The molecule has 0 fully saturated rings. The fraction of sp³-hybridized carbons (Fsp3) is 0.462. The van der Waals surface area contributed by atoms with Crippen LogP contribution in [0.5, 0.6) is 5.75 Å². The third kappa shape index (κ3) is 3.20. The number of likely N-dealkylation sites (N-methyl/N-ethyl adjacent to an activating group) is 1. The fourth-order valence-corrected chi connectivity index (χ4v) is 1.71. The average Bonchev–Trinajstić information content (AvgIpc) is 2.33. The minimum Gasteiger partial charge on any atom is -0.492 e. The molecule has 3 N–H and O–H groups in total. The lowest BCUT2D eigenvalue weighted by Gasteiger charge is -2.14. The third-order valence-electron chi connectivity index (χ3n) is 2.67. The van der Waals surface area contributed by atoms with Gasteiger partial charge in [-0.05, 0) is 38.6 Å². The molecule has 0 saturated heterocycles. The molecule has 0 heterocycles. The molecule has 0 aromatic heterocycles. The number of carbonyl (C=O) groups excluding carboxylic acids is 1. The normalized spacial score (nSPS) is 12.2. The number of ether oxygens (including phenoxy) is 1. The number of anilines is 1. The van der Waals surface area contributed by atoms with Crippen LogP contribution < -0.4 is 15.8 Å². The summed E-state index contributed by atoms with van der Waals surface area (Å²) in [5, 5.41) is 2.99. The maximum atomic E-state index is 12.1. The molecule has 1 aromatic rings. The molecule has 1 rings (SSSR count). The van der Waals surface area contributed by atoms with E-state index in [1.807, 2.05) is 13.8 Å². The van der Waals surface area contributed by atoms with Gasteiger partial charge in [-0.3, -0.25) is 4.79 Å². The maximum absolute atomic E-state index is 12.1. The lowest BCUT2D eigenvalue weighted by atomic mass is 10.0. The van der Waals surface area contributed by atoms with E-state index in [-0.39, 0.29) is 11.8 Å². The highest BCUT2D eigenvalue weighted by Gasteiger charge is 2.17. The van der Waals surface area contributed by atoms with E-state index >= 15 is 0 Å². The Hall–Kier alpha value is -1.55. The molecule has 0 saturated carbocycles. The molecular weight excluding hydrogens is 216 g/mol. The van der Waals surface area contributed by atoms with E-state index in [0.717, 1.165) is 6.42 Å². The smallest absolute Gasteiger partial charge is 0.179 e. The van der Waals surface area contributed by atoms with Crippen molar-refractivity contribution in [2.24, 2.45) is 0 Å². The number of nitrogens with two attached hydrogens (primary N) is 1. The summed E-state index contributed by atoms with van der Waals surface area (Å²) in [7, 11) is 1.78. The lowest BCUT2D eigenvalue weighted by Crippen LogP contribution is -2.33. The number of ketones is 1. The SMILES string of the molecule is CCOc1ccc(C(=O)C(CC)NC)cc1N. The minimum atomic E-state index is -0.160. The Morgan fingerprint density at radius 1 is 1.47 bits per heavy atom. The lowest BCUT2D eigenvalue weighted by molar-refractivity contribution is 0.0945. The van der Waals surface area contributed by atoms with E-state index in [1.165, 1.54) is 0 Å². The van der Waals surface area contributed by atoms with Gasteiger partial charge in [-0.2, -0.15) is 0 Å². The molecule has 1 aromatic carbocycles. The van der Waals surface area contributed by atoms with Gasteiger partial charge in [0, 0.05) is 5.56 Å². The van der Waals surface area contributed by atoms with Crippen LogP contribution in [-0.4, -0.2) is 25.5 Å². The molecule has 0 aliphatic carbocycles. The van der Waals surface area contributed by atoms with E-state index in [9.17, 15) is 4.79 Å². The van der Waals surface area contributed by atoms with E-state index in [0.29, 0.717) is 23.6 Å². The number of nitrogen functional groups attached to an aromatic ring is 1. The van der Waals surface area contributed by atoms with Crippen LogP contribution in [0.25, 0.3) is 0 Å². The van der Waals surface area contributed by atoms with Gasteiger partial charge in [-0.15, -0.1) is 0 Å². The zero-order chi connectivity index (χ0) is 12.8. The Bertz CT molecular complexity index is 387. The van der Waals surface area contributed by atoms with E-state index in [1.54, 1.807) is 25.2 Å². The van der Waals surface area contributed by atoms with Crippen molar-refractivity contribution < 1.29 is 9.53 Å². The number of hydrogen-bond donors (Lipinski definition) is 2. The second kappa shape index (κ2) is 6.25. The maximum Gasteiger partial charge on any atom is 0.179 e. The minimum absolute atomic E-state index is 0.0600. The molecule has 1 unspecified atom stereocenters. The first-order valence-electron chi connectivity index (χ1n) is 5.87. The predicted molar refractivity (Wildman–Crippen MR) is 69.5 cm³/mol. The van der Waals surface area contributed by atoms with Crippen LogP contribution >= 0.6 is 0 Å². The first kappa shape index (κ1) is 13.5. The largest absolute Gasteiger partial charge is 0.492 e. The highest BCUT2D eigenvalue weighted by Crippen LogP contribution is 2.23. The van der Waals surface area contributed by atoms with Crippen molar-refractivity contribution in [1.29, 1.82) is 0 Å². The Labute approximate surface area is 102 Å². The molecule has 0 radical (unpaired) electrons. The van der Waals surface area contributed by atoms with Crippen molar-refractivity contribution in [3.63, 3.8) is 0 Å². The van der Waals surface area contributed by atoms with Gasteiger partial charge in [0.1, 0.15) is 5.75 Å². The van der Waals surface area contributed by atoms with Gasteiger partial charge in [0.05, 0.1) is 18.3 Å². The molecule has 0 bridgehead atoms. The second-order valence-electron chi connectivity index (χ2n) is 3.80. The number of hydrogen-bond acceptors (Lipinski definition) is 4. The molecule has 1 atom stereocenters. The summed E-state index contributed by atoms with van der Waals surface area (Å²) in [6, 6.07) is 5.01. The number of rotatable bonds is 6. The quantitative estimate of drug-likeness (QED) is 0.584. The van der Waals surface area contributed by atoms with Gasteiger partial charge < -0.3 is 15.8 Å². The van der Waals surface area contributed by atoms with Crippen molar-refractivity contribution in [2.75, 3.05) is 19.4 Å². The summed E-state index contributed by atoms with van der Waals surface area (Å²) in [5.74, 6) is 0.686. The van der Waals surface area contributed by atoms with E-state index in [2.05, 4.69) is 5.32 Å². The summed E-state index contributed by atoms with van der Waals surface area (Å²) >= 11 is 0. The Morgan fingerprint density at radius 3 is 2.65 bits per heavy atom. The molecule has 0 aliphatic heterocycles. The van der Waals surface area contributed by atoms with Gasteiger partial charge in [-0.1, -0.05) is 6.92 Å². The van der Waals surface area contributed by atoms with Crippen LogP contribution in [0.15, 0.2) is 18.2 Å². The molecule has 4 heteroatoms. The second-order valence-corrected chi connectivity index (χ2v) is 3.80. The van der Waals surface area contributed by atoms with Crippen molar-refractivity contribution in [1.82, 2.24) is 5.32 Å². The first-order chi connectivity index (χ1) is 8.13. The number of benzene rings is 1. The highest BCUT2D eigenvalue weighted by atomic mass is 16.5. The molecule has 94 valence electrons. The van der Waals surface area contributed by atoms with Crippen LogP contribution in [0.1, 0.15) is 30.6 Å². The van der Waals surface area contributed by atoms with Crippen LogP contribution in [0, 0.1) is 0 Å². The van der Waals surface area contributed by atoms with E-state index in [4.69, 9.17) is 10.5 Å². The van der Waals surface area contributed by atoms with Crippen molar-refractivity contribution in [3.8, 4) is 5.75 Å². The summed E-state index contributed by atoms with van der Waals surface area (Å²) < 4.78 is 5.33. The van der Waals surface area contributed by atoms with Crippen LogP contribution in [0.2, 0.25) is 0 Å². The fourth-order valence-electron chi connectivity index (χ4n) is 1.71. The third-order valence-corrected chi connectivity index (χ3v) is 2.67. The van der Waals surface area contributed by atoms with Crippen molar-refractivity contribution in [2.45, 2.75) is 26.3 Å². The molecule has 17 heavy (non-hydrogen) atoms. The van der Waals surface area contributed by atoms with Crippen LogP contribution in [0.4, 0.5) is 5.69 Å². The first-order valence-corrected chi connectivity index (χ1v) is 5.87. The van der Waals surface area contributed by atoms with Gasteiger partial charge in [-0.25, -0.2) is 0 Å². The standard InChI is InChI=1S/C13H20N2O2/c1-4-11(15-3)13(16)9-6-7-12(17-5-2)10(14)8-9/h6-8,11,15H,4-5,14H2,1-3H3. The number of nitrogens with one attached hydrogen (secondary N) is 1. The topological polar surface area (TPSA) is 64.3 Å². The number of carbonyl (C=O) groups is 1. The highest BCUT2D eigenvalue weighted by molar-refractivity contribution is 6.01. The summed E-state index contributed by atoms with van der Waals surface area (Å²) in [4.78, 5) is 12.1. The predicted octanol–water partition coefficient (Wildman–Crippen LogP) is 1.85. The zero-order valence-corrected chi connectivity index (χ0v) is 10.6. The van der Waals surface area contributed by atoms with Crippen LogP contribution in [0.3, 0.4) is 0 Å². The van der Waals surface area contributed by atoms with Gasteiger partial charge >= 0.3 is 0 Å². The molecule has 0 amide bonds. The van der Waals surface area contributed by atoms with Gasteiger partial charge in [0.15, 0.2) is 5.78 Å².